The fraction of sp³-hybridized carbons (Fsp3) is 0.194. The van der Waals surface area contributed by atoms with Crippen molar-refractivity contribution in [3.8, 4) is 0 Å². The molecule has 2 amide bonds. The van der Waals surface area contributed by atoms with Crippen LogP contribution in [0.1, 0.15) is 34.0 Å². The molecule has 0 saturated carbocycles. The Labute approximate surface area is 251 Å². The smallest absolute Gasteiger partial charge is 0.258 e. The molecule has 1 saturated heterocycles. The molecular weight excluding hydrogens is 536 g/mol. The summed E-state index contributed by atoms with van der Waals surface area (Å²) in [4.78, 5) is 43.5. The van der Waals surface area contributed by atoms with E-state index in [4.69, 9.17) is 0 Å². The number of aromatic nitrogens is 1. The molecule has 2 bridgehead atoms. The van der Waals surface area contributed by atoms with Gasteiger partial charge < -0.3 is 19.7 Å². The third kappa shape index (κ3) is 6.06. The van der Waals surface area contributed by atoms with Crippen molar-refractivity contribution in [3.63, 3.8) is 0 Å². The summed E-state index contributed by atoms with van der Waals surface area (Å²) < 4.78 is 1.91. The van der Waals surface area contributed by atoms with Gasteiger partial charge in [-0.2, -0.15) is 0 Å². The summed E-state index contributed by atoms with van der Waals surface area (Å²) in [6, 6.07) is 30.2. The first-order valence-electron chi connectivity index (χ1n) is 14.6. The van der Waals surface area contributed by atoms with Gasteiger partial charge in [0.1, 0.15) is 0 Å². The maximum atomic E-state index is 13.8. The van der Waals surface area contributed by atoms with Gasteiger partial charge in [-0.15, -0.1) is 6.58 Å². The first-order valence-corrected chi connectivity index (χ1v) is 14.6. The Morgan fingerprint density at radius 2 is 1.67 bits per heavy atom. The summed E-state index contributed by atoms with van der Waals surface area (Å²) in [5.74, 6) is 0.0346. The molecule has 216 valence electrons. The Morgan fingerprint density at radius 3 is 2.44 bits per heavy atom. The highest BCUT2D eigenvalue weighted by atomic mass is 16.2. The Balaban J connectivity index is 1.33. The van der Waals surface area contributed by atoms with Crippen LogP contribution in [0.4, 0.5) is 17.1 Å². The second-order valence-electron chi connectivity index (χ2n) is 11.1. The predicted octanol–water partition coefficient (Wildman–Crippen LogP) is 5.96. The number of nitrogens with one attached hydrogen (secondary N) is 1. The topological polar surface area (TPSA) is 74.7 Å². The van der Waals surface area contributed by atoms with Gasteiger partial charge in [-0.1, -0.05) is 60.7 Å². The number of carbonyl (C=O) groups excluding carboxylic acids is 2. The Kier molecular flexibility index (Phi) is 8.05. The number of rotatable bonds is 8. The van der Waals surface area contributed by atoms with Crippen LogP contribution in [0.15, 0.2) is 121 Å². The molecule has 0 spiro atoms. The molecule has 1 aromatic heterocycles. The molecule has 0 aliphatic carbocycles. The van der Waals surface area contributed by atoms with E-state index in [1.807, 2.05) is 89.5 Å². The first kappa shape index (κ1) is 28.0. The third-order valence-electron chi connectivity index (χ3n) is 8.17. The molecule has 4 aromatic rings. The number of piperidine rings is 1. The van der Waals surface area contributed by atoms with E-state index in [9.17, 15) is 14.4 Å². The van der Waals surface area contributed by atoms with Gasteiger partial charge in [0.05, 0.1) is 11.4 Å². The summed E-state index contributed by atoms with van der Waals surface area (Å²) in [6.07, 6.45) is 6.00. The molecule has 7 heteroatoms. The van der Waals surface area contributed by atoms with Gasteiger partial charge in [-0.25, -0.2) is 0 Å². The Morgan fingerprint density at radius 1 is 0.907 bits per heavy atom. The van der Waals surface area contributed by atoms with Crippen LogP contribution in [-0.2, 0) is 11.3 Å². The number of hydrogen-bond acceptors (Lipinski definition) is 4. The average Bonchev–Trinajstić information content (AvgIpc) is 3.03. The van der Waals surface area contributed by atoms with Gasteiger partial charge in [0.15, 0.2) is 0 Å². The number of pyridine rings is 1. The van der Waals surface area contributed by atoms with Crippen LogP contribution in [0.5, 0.6) is 0 Å². The summed E-state index contributed by atoms with van der Waals surface area (Å²) >= 11 is 0. The molecule has 0 radical (unpaired) electrons. The minimum Gasteiger partial charge on any atom is -0.369 e. The lowest BCUT2D eigenvalue weighted by Gasteiger charge is -2.44. The lowest BCUT2D eigenvalue weighted by molar-refractivity contribution is -0.111. The number of amides is 2. The van der Waals surface area contributed by atoms with Crippen LogP contribution < -0.4 is 20.7 Å². The zero-order valence-electron chi connectivity index (χ0n) is 23.9. The van der Waals surface area contributed by atoms with E-state index < -0.39 is 0 Å². The fourth-order valence-electron chi connectivity index (χ4n) is 6.25. The Bertz CT molecular complexity index is 1730. The largest absolute Gasteiger partial charge is 0.369 e. The van der Waals surface area contributed by atoms with Crippen LogP contribution in [0.3, 0.4) is 0 Å². The highest BCUT2D eigenvalue weighted by Gasteiger charge is 2.35. The molecule has 43 heavy (non-hydrogen) atoms. The minimum absolute atomic E-state index is 0.0455. The highest BCUT2D eigenvalue weighted by molar-refractivity contribution is 6.09. The molecule has 1 N–H and O–H groups in total. The number of anilines is 3. The highest BCUT2D eigenvalue weighted by Crippen LogP contribution is 2.39. The van der Waals surface area contributed by atoms with Gasteiger partial charge in [0.25, 0.3) is 11.5 Å². The minimum atomic E-state index is -0.283. The quantitative estimate of drug-likeness (QED) is 0.210. The van der Waals surface area contributed by atoms with Crippen molar-refractivity contribution >= 4 is 35.0 Å². The summed E-state index contributed by atoms with van der Waals surface area (Å²) in [5.41, 5.74) is 4.68. The van der Waals surface area contributed by atoms with Crippen molar-refractivity contribution in [2.24, 2.45) is 5.92 Å². The van der Waals surface area contributed by atoms with Crippen LogP contribution >= 0.6 is 0 Å². The van der Waals surface area contributed by atoms with Crippen molar-refractivity contribution in [3.05, 3.63) is 143 Å². The zero-order valence-corrected chi connectivity index (χ0v) is 23.9. The Hall–Kier alpha value is -5.17. The normalized spacial score (nSPS) is 17.3. The van der Waals surface area contributed by atoms with E-state index in [1.54, 1.807) is 29.2 Å². The third-order valence-corrected chi connectivity index (χ3v) is 8.17. The second kappa shape index (κ2) is 12.4. The molecule has 7 nitrogen and oxygen atoms in total. The van der Waals surface area contributed by atoms with Crippen molar-refractivity contribution in [1.82, 2.24) is 4.57 Å². The molecule has 2 atom stereocenters. The summed E-state index contributed by atoms with van der Waals surface area (Å²) in [5, 5.41) is 3.06. The van der Waals surface area contributed by atoms with Crippen molar-refractivity contribution in [2.75, 3.05) is 34.8 Å². The van der Waals surface area contributed by atoms with Crippen LogP contribution in [0, 0.1) is 5.92 Å². The van der Waals surface area contributed by atoms with E-state index in [1.165, 1.54) is 6.08 Å². The van der Waals surface area contributed by atoms with E-state index in [-0.39, 0.29) is 23.3 Å². The molecular formula is C36H34N4O3. The van der Waals surface area contributed by atoms with Crippen molar-refractivity contribution in [2.45, 2.75) is 18.9 Å². The van der Waals surface area contributed by atoms with E-state index in [0.29, 0.717) is 36.8 Å². The lowest BCUT2D eigenvalue weighted by atomic mass is 9.83. The molecule has 6 rings (SSSR count). The molecule has 2 aliphatic heterocycles. The van der Waals surface area contributed by atoms with E-state index >= 15 is 0 Å². The van der Waals surface area contributed by atoms with Gasteiger partial charge in [-0.05, 0) is 60.4 Å². The summed E-state index contributed by atoms with van der Waals surface area (Å²) in [7, 11) is 0. The maximum absolute atomic E-state index is 13.8. The second-order valence-corrected chi connectivity index (χ2v) is 11.1. The molecule has 1 fully saturated rings. The average molecular weight is 571 g/mol. The molecule has 3 aromatic carbocycles. The fourth-order valence-corrected chi connectivity index (χ4v) is 6.25. The van der Waals surface area contributed by atoms with Crippen LogP contribution in [0.25, 0.3) is 6.08 Å². The SMILES string of the molecule is C=CCN(C(=O)c1ccc(N2C[C@H]3C[C@@H](C2)c2cccc(=O)n2C3)c(NC(=O)/C=C/c2ccccc2)c1)c1ccccc1. The number of nitrogens with zero attached hydrogens (tertiary/aromatic N) is 3. The molecule has 0 unspecified atom stereocenters. The number of fused-ring (bicyclic) bond motifs is 4. The van der Waals surface area contributed by atoms with Crippen LogP contribution in [0.2, 0.25) is 0 Å². The lowest BCUT2D eigenvalue weighted by Crippen LogP contribution is -2.47. The zero-order chi connectivity index (χ0) is 29.8. The van der Waals surface area contributed by atoms with Gasteiger partial charge in [-0.3, -0.25) is 14.4 Å². The van der Waals surface area contributed by atoms with Crippen molar-refractivity contribution < 1.29 is 9.59 Å². The number of para-hydroxylation sites is 1. The van der Waals surface area contributed by atoms with Crippen molar-refractivity contribution in [1.29, 1.82) is 0 Å². The van der Waals surface area contributed by atoms with Crippen LogP contribution in [-0.4, -0.2) is 36.0 Å². The standard InChI is InChI=1S/C36H34N4O3/c1-2-20-39(30-12-7-4-8-13-30)36(43)28-17-18-33(31(22-28)37-34(41)19-16-26-10-5-3-6-11-26)38-23-27-21-29(25-38)32-14-9-15-35(42)40(32)24-27/h2-19,22,27,29H,1,20-21,23-25H2,(H,37,41)/b19-16+/t27-,29+/m1/s1. The summed E-state index contributed by atoms with van der Waals surface area (Å²) in [6.45, 7) is 6.33. The predicted molar refractivity (Wildman–Crippen MR) is 173 cm³/mol. The number of hydrogen-bond donors (Lipinski definition) is 1. The van der Waals surface area contributed by atoms with E-state index in [0.717, 1.165) is 35.6 Å². The van der Waals surface area contributed by atoms with Gasteiger partial charge in [0, 0.05) is 61.2 Å². The van der Waals surface area contributed by atoms with E-state index in [2.05, 4.69) is 16.8 Å². The van der Waals surface area contributed by atoms with Gasteiger partial charge >= 0.3 is 0 Å². The monoisotopic (exact) mass is 570 g/mol. The van der Waals surface area contributed by atoms with Gasteiger partial charge in [0.2, 0.25) is 5.91 Å². The first-order chi connectivity index (χ1) is 21.0. The maximum Gasteiger partial charge on any atom is 0.258 e. The number of benzene rings is 3. The number of carbonyl (C=O) groups is 2. The molecule has 3 heterocycles. The molecule has 2 aliphatic rings.